The van der Waals surface area contributed by atoms with Crippen molar-refractivity contribution in [2.45, 2.75) is 70.6 Å². The van der Waals surface area contributed by atoms with Crippen molar-refractivity contribution in [3.63, 3.8) is 0 Å². The second kappa shape index (κ2) is 15.7. The van der Waals surface area contributed by atoms with Gasteiger partial charge in [0.1, 0.15) is 10.7 Å². The minimum Gasteiger partial charge on any atom is -0.369 e. The van der Waals surface area contributed by atoms with Crippen molar-refractivity contribution >= 4 is 46.2 Å². The molecule has 7 heterocycles. The Morgan fingerprint density at radius 1 is 1.04 bits per heavy atom. The van der Waals surface area contributed by atoms with Crippen LogP contribution in [0.4, 0.5) is 21.9 Å². The van der Waals surface area contributed by atoms with E-state index in [1.54, 1.807) is 28.0 Å². The van der Waals surface area contributed by atoms with Gasteiger partial charge in [0.15, 0.2) is 11.9 Å². The Morgan fingerprint density at radius 3 is 2.70 bits per heavy atom. The van der Waals surface area contributed by atoms with Crippen molar-refractivity contribution in [3.05, 3.63) is 76.2 Å². The molecule has 0 bridgehead atoms. The van der Waals surface area contributed by atoms with Gasteiger partial charge in [0.2, 0.25) is 11.7 Å². The molecular formula is C38H43ClN12O5. The number of pyridine rings is 1. The number of halogens is 1. The Balaban J connectivity index is 0.750. The molecule has 3 N–H and O–H groups in total. The first-order chi connectivity index (χ1) is 27.4. The minimum atomic E-state index is -0.409. The molecule has 1 unspecified atom stereocenters. The standard InChI is InChI=1S/C38H43ClN12O5/c1-23-17-26(43-38(53)44-30-21-41-36-29(39)20-42-51(36)34(30)24-5-2-3-6-24)19-40-33(23)35-45-31(55-46-35)7-4-11-48-12-14-49(15-13-48)27-8-9-28-25(18-27)22-50(37(28)52)32-10-16-54-47-56-32/h8-9,17-21,24,32,47H,2-7,10-16,22H2,1H3,(H2,43,44,53). The maximum absolute atomic E-state index is 13.2. The number of fused-ring (bicyclic) bond motifs is 2. The Bertz CT molecular complexity index is 2240. The maximum atomic E-state index is 13.2. The molecule has 9 rings (SSSR count). The largest absolute Gasteiger partial charge is 0.369 e. The van der Waals surface area contributed by atoms with Crippen LogP contribution in [0.1, 0.15) is 77.5 Å². The van der Waals surface area contributed by atoms with Gasteiger partial charge in [-0.2, -0.15) is 10.1 Å². The van der Waals surface area contributed by atoms with E-state index < -0.39 is 6.03 Å². The lowest BCUT2D eigenvalue weighted by atomic mass is 10.0. The van der Waals surface area contributed by atoms with Crippen molar-refractivity contribution in [1.82, 2.24) is 45.2 Å². The van der Waals surface area contributed by atoms with E-state index in [0.29, 0.717) is 65.4 Å². The average Bonchev–Trinajstić information content (AvgIpc) is 4.04. The second-order valence-electron chi connectivity index (χ2n) is 14.7. The van der Waals surface area contributed by atoms with Crippen LogP contribution in [0.3, 0.4) is 0 Å². The molecule has 2 saturated heterocycles. The number of benzene rings is 1. The van der Waals surface area contributed by atoms with E-state index in [1.165, 1.54) is 0 Å². The van der Waals surface area contributed by atoms with E-state index in [2.05, 4.69) is 63.4 Å². The Kier molecular flexibility index (Phi) is 10.2. The van der Waals surface area contributed by atoms with Gasteiger partial charge < -0.3 is 25.0 Å². The van der Waals surface area contributed by atoms with Crippen LogP contribution in [0.2, 0.25) is 5.02 Å². The number of hydrogen-bond acceptors (Lipinski definition) is 13. The molecule has 1 aliphatic carbocycles. The Morgan fingerprint density at radius 2 is 1.89 bits per heavy atom. The predicted molar refractivity (Wildman–Crippen MR) is 206 cm³/mol. The zero-order chi connectivity index (χ0) is 38.2. The number of aryl methyl sites for hydroxylation is 2. The van der Waals surface area contributed by atoms with Gasteiger partial charge in [-0.05, 0) is 68.1 Å². The summed E-state index contributed by atoms with van der Waals surface area (Å²) in [6.45, 7) is 7.52. The molecule has 5 aromatic rings. The molecule has 56 heavy (non-hydrogen) atoms. The van der Waals surface area contributed by atoms with E-state index in [1.807, 2.05) is 19.1 Å². The van der Waals surface area contributed by atoms with Crippen molar-refractivity contribution < 1.29 is 23.8 Å². The van der Waals surface area contributed by atoms with Gasteiger partial charge in [-0.3, -0.25) is 24.4 Å². The summed E-state index contributed by atoms with van der Waals surface area (Å²) < 4.78 is 7.35. The number of urea groups is 1. The topological polar surface area (TPSA) is 180 Å². The summed E-state index contributed by atoms with van der Waals surface area (Å²) >= 11 is 6.31. The molecule has 4 aliphatic rings. The summed E-state index contributed by atoms with van der Waals surface area (Å²) in [4.78, 5) is 56.9. The van der Waals surface area contributed by atoms with Crippen molar-refractivity contribution in [2.75, 3.05) is 54.9 Å². The smallest absolute Gasteiger partial charge is 0.323 e. The lowest BCUT2D eigenvalue weighted by molar-refractivity contribution is -0.266. The second-order valence-corrected chi connectivity index (χ2v) is 15.2. The van der Waals surface area contributed by atoms with Gasteiger partial charge in [0.05, 0.1) is 42.3 Å². The molecule has 1 saturated carbocycles. The number of rotatable bonds is 10. The van der Waals surface area contributed by atoms with Crippen LogP contribution in [0.25, 0.3) is 17.2 Å². The summed E-state index contributed by atoms with van der Waals surface area (Å²) in [5.41, 5.74) is 9.36. The molecule has 1 aromatic carbocycles. The average molecular weight is 783 g/mol. The lowest BCUT2D eigenvalue weighted by Crippen LogP contribution is -2.46. The number of carbonyl (C=O) groups is 2. The molecule has 1 atom stereocenters. The first-order valence-corrected chi connectivity index (χ1v) is 19.6. The van der Waals surface area contributed by atoms with E-state index in [9.17, 15) is 9.59 Å². The SMILES string of the molecule is Cc1cc(NC(=O)Nc2cnc3c(Cl)cnn3c2C2CCCC2)cnc1-c1noc(CCCN2CCN(c3ccc4c(c3)CN(C3CCONO3)C4=O)CC2)n1. The molecule has 0 radical (unpaired) electrons. The van der Waals surface area contributed by atoms with Crippen LogP contribution in [0, 0.1) is 6.92 Å². The van der Waals surface area contributed by atoms with Crippen LogP contribution in [-0.2, 0) is 22.6 Å². The van der Waals surface area contributed by atoms with Crippen molar-refractivity contribution in [2.24, 2.45) is 0 Å². The Labute approximate surface area is 327 Å². The van der Waals surface area contributed by atoms with E-state index in [0.717, 1.165) is 92.9 Å². The molecule has 3 aliphatic heterocycles. The Hall–Kier alpha value is -5.20. The third-order valence-electron chi connectivity index (χ3n) is 11.1. The molecule has 292 valence electrons. The highest BCUT2D eigenvalue weighted by Crippen LogP contribution is 2.38. The third-order valence-corrected chi connectivity index (χ3v) is 11.4. The van der Waals surface area contributed by atoms with Crippen molar-refractivity contribution in [3.8, 4) is 11.5 Å². The van der Waals surface area contributed by atoms with Gasteiger partial charge in [0.25, 0.3) is 5.91 Å². The zero-order valence-corrected chi connectivity index (χ0v) is 31.8. The number of nitrogens with zero attached hydrogens (tertiary/aromatic N) is 9. The quantitative estimate of drug-likeness (QED) is 0.166. The van der Waals surface area contributed by atoms with Gasteiger partial charge in [-0.25, -0.2) is 14.3 Å². The lowest BCUT2D eigenvalue weighted by Gasteiger charge is -2.36. The fourth-order valence-electron chi connectivity index (χ4n) is 8.24. The molecule has 3 fully saturated rings. The van der Waals surface area contributed by atoms with E-state index in [4.69, 9.17) is 25.8 Å². The molecular weight excluding hydrogens is 740 g/mol. The zero-order valence-electron chi connectivity index (χ0n) is 31.0. The highest BCUT2D eigenvalue weighted by Gasteiger charge is 2.35. The van der Waals surface area contributed by atoms with Gasteiger partial charge in [-0.1, -0.05) is 35.2 Å². The highest BCUT2D eigenvalue weighted by molar-refractivity contribution is 6.33. The summed E-state index contributed by atoms with van der Waals surface area (Å²) in [6, 6.07) is 7.56. The third kappa shape index (κ3) is 7.39. The number of amides is 3. The van der Waals surface area contributed by atoms with Gasteiger partial charge >= 0.3 is 6.03 Å². The summed E-state index contributed by atoms with van der Waals surface area (Å²) in [5.74, 6) is 1.23. The maximum Gasteiger partial charge on any atom is 0.323 e. The molecule has 3 amide bonds. The van der Waals surface area contributed by atoms with Gasteiger partial charge in [0, 0.05) is 62.7 Å². The summed E-state index contributed by atoms with van der Waals surface area (Å²) in [6.07, 6.45) is 10.9. The number of hydrogen-bond donors (Lipinski definition) is 3. The van der Waals surface area contributed by atoms with Gasteiger partial charge in [-0.15, -0.1) is 0 Å². The number of anilines is 3. The fraction of sp³-hybridized carbons (Fsp3) is 0.447. The number of aromatic nitrogens is 6. The van der Waals surface area contributed by atoms with E-state index >= 15 is 0 Å². The molecule has 18 heteroatoms. The molecule has 4 aromatic heterocycles. The van der Waals surface area contributed by atoms with Crippen LogP contribution in [0.15, 0.2) is 47.4 Å². The molecule has 17 nitrogen and oxygen atoms in total. The first kappa shape index (κ1) is 36.4. The molecule has 0 spiro atoms. The van der Waals surface area contributed by atoms with Crippen LogP contribution in [-0.4, -0.2) is 97.0 Å². The normalized spacial score (nSPS) is 19.2. The fourth-order valence-corrected chi connectivity index (χ4v) is 8.41. The van der Waals surface area contributed by atoms with E-state index in [-0.39, 0.29) is 18.1 Å². The summed E-state index contributed by atoms with van der Waals surface area (Å²) in [5, 5.41) is 15.0. The van der Waals surface area contributed by atoms with Crippen LogP contribution < -0.4 is 21.2 Å². The number of carbonyl (C=O) groups excluding carboxylic acids is 2. The minimum absolute atomic E-state index is 0.00399. The number of nitrogens with one attached hydrogen (secondary N) is 3. The number of piperazine rings is 1. The van der Waals surface area contributed by atoms with Crippen LogP contribution in [0.5, 0.6) is 0 Å². The predicted octanol–water partition coefficient (Wildman–Crippen LogP) is 5.33. The van der Waals surface area contributed by atoms with Crippen LogP contribution >= 0.6 is 11.6 Å². The summed E-state index contributed by atoms with van der Waals surface area (Å²) in [7, 11) is 0. The monoisotopic (exact) mass is 782 g/mol. The first-order valence-electron chi connectivity index (χ1n) is 19.2. The highest BCUT2D eigenvalue weighted by atomic mass is 35.5. The van der Waals surface area contributed by atoms with Crippen molar-refractivity contribution in [1.29, 1.82) is 0 Å².